The van der Waals surface area contributed by atoms with Crippen LogP contribution in [-0.4, -0.2) is 30.1 Å². The van der Waals surface area contributed by atoms with Gasteiger partial charge in [0.2, 0.25) is 5.91 Å². The predicted octanol–water partition coefficient (Wildman–Crippen LogP) is 1.73. The lowest BCUT2D eigenvalue weighted by molar-refractivity contribution is -0.128. The van der Waals surface area contributed by atoms with Crippen molar-refractivity contribution in [3.05, 3.63) is 0 Å². The van der Waals surface area contributed by atoms with Crippen molar-refractivity contribution in [2.45, 2.75) is 52.1 Å². The number of unbranched alkanes of at least 4 members (excludes halogenated alkanes) is 3. The van der Waals surface area contributed by atoms with Gasteiger partial charge in [0.25, 0.3) is 0 Å². The van der Waals surface area contributed by atoms with Gasteiger partial charge in [0.05, 0.1) is 12.7 Å². The first-order valence-electron chi connectivity index (χ1n) is 5.82. The summed E-state index contributed by atoms with van der Waals surface area (Å²) in [7, 11) is 0. The van der Waals surface area contributed by atoms with Crippen molar-refractivity contribution in [1.82, 2.24) is 10.2 Å². The molecule has 1 rings (SSSR count). The molecule has 1 unspecified atom stereocenters. The van der Waals surface area contributed by atoms with Gasteiger partial charge in [0.1, 0.15) is 0 Å². The van der Waals surface area contributed by atoms with E-state index < -0.39 is 0 Å². The summed E-state index contributed by atoms with van der Waals surface area (Å²) in [6.07, 6.45) is 6.24. The topological polar surface area (TPSA) is 32.3 Å². The Labute approximate surface area is 86.9 Å². The molecule has 1 amide bonds. The van der Waals surface area contributed by atoms with E-state index in [1.165, 1.54) is 19.3 Å². The van der Waals surface area contributed by atoms with Gasteiger partial charge in [-0.2, -0.15) is 0 Å². The second kappa shape index (κ2) is 6.02. The van der Waals surface area contributed by atoms with Crippen molar-refractivity contribution in [1.29, 1.82) is 0 Å². The van der Waals surface area contributed by atoms with Gasteiger partial charge in [-0.05, 0) is 12.8 Å². The Kier molecular flexibility index (Phi) is 4.94. The number of amides is 1. The molecule has 0 aromatic rings. The second-order valence-electron chi connectivity index (χ2n) is 3.95. The quantitative estimate of drug-likeness (QED) is 0.659. The minimum absolute atomic E-state index is 0.272. The average Bonchev–Trinajstić information content (AvgIpc) is 2.55. The third-order valence-corrected chi connectivity index (χ3v) is 2.82. The van der Waals surface area contributed by atoms with E-state index in [-0.39, 0.29) is 5.91 Å². The van der Waals surface area contributed by atoms with Gasteiger partial charge in [0.15, 0.2) is 0 Å². The molecule has 1 aliphatic rings. The molecular weight excluding hydrogens is 176 g/mol. The monoisotopic (exact) mass is 198 g/mol. The fourth-order valence-corrected chi connectivity index (χ4v) is 1.94. The Morgan fingerprint density at radius 1 is 1.36 bits per heavy atom. The van der Waals surface area contributed by atoms with Crippen molar-refractivity contribution in [3.8, 4) is 0 Å². The molecule has 1 fully saturated rings. The first-order valence-corrected chi connectivity index (χ1v) is 5.82. The van der Waals surface area contributed by atoms with Crippen molar-refractivity contribution in [2.75, 3.05) is 13.1 Å². The van der Waals surface area contributed by atoms with E-state index >= 15 is 0 Å². The number of rotatable bonds is 6. The van der Waals surface area contributed by atoms with Gasteiger partial charge in [-0.1, -0.05) is 33.1 Å². The summed E-state index contributed by atoms with van der Waals surface area (Å²) in [6, 6.07) is 0. The molecule has 3 nitrogen and oxygen atoms in total. The summed E-state index contributed by atoms with van der Waals surface area (Å²) < 4.78 is 0. The smallest absolute Gasteiger partial charge is 0.237 e. The van der Waals surface area contributed by atoms with E-state index in [1.807, 2.05) is 4.90 Å². The van der Waals surface area contributed by atoms with Gasteiger partial charge >= 0.3 is 0 Å². The van der Waals surface area contributed by atoms with Gasteiger partial charge in [0, 0.05) is 6.54 Å². The second-order valence-corrected chi connectivity index (χ2v) is 3.95. The molecule has 0 aromatic carbocycles. The first-order chi connectivity index (χ1) is 6.79. The molecule has 0 aliphatic carbocycles. The molecule has 3 heteroatoms. The predicted molar refractivity (Wildman–Crippen MR) is 57.9 cm³/mol. The van der Waals surface area contributed by atoms with Crippen LogP contribution in [-0.2, 0) is 4.79 Å². The fourth-order valence-electron chi connectivity index (χ4n) is 1.94. The Morgan fingerprint density at radius 2 is 2.14 bits per heavy atom. The summed E-state index contributed by atoms with van der Waals surface area (Å²) >= 11 is 0. The molecule has 0 spiro atoms. The molecule has 1 aliphatic heterocycles. The van der Waals surface area contributed by atoms with Crippen LogP contribution in [0.25, 0.3) is 0 Å². The molecule has 1 N–H and O–H groups in total. The average molecular weight is 198 g/mol. The normalized spacial score (nSPS) is 22.0. The number of nitrogens with zero attached hydrogens (tertiary/aromatic N) is 1. The Hall–Kier alpha value is -0.570. The van der Waals surface area contributed by atoms with Gasteiger partial charge in [-0.3, -0.25) is 10.1 Å². The molecule has 1 saturated heterocycles. The van der Waals surface area contributed by atoms with E-state index in [2.05, 4.69) is 19.2 Å². The minimum atomic E-state index is 0.272. The molecule has 82 valence electrons. The van der Waals surface area contributed by atoms with Crippen LogP contribution >= 0.6 is 0 Å². The third-order valence-electron chi connectivity index (χ3n) is 2.82. The van der Waals surface area contributed by atoms with E-state index in [1.54, 1.807) is 0 Å². The van der Waals surface area contributed by atoms with Crippen molar-refractivity contribution in [2.24, 2.45) is 0 Å². The maximum absolute atomic E-state index is 11.5. The molecule has 0 aromatic heterocycles. The van der Waals surface area contributed by atoms with Gasteiger partial charge in [-0.25, -0.2) is 0 Å². The maximum atomic E-state index is 11.5. The number of hydrogen-bond acceptors (Lipinski definition) is 2. The highest BCUT2D eigenvalue weighted by Crippen LogP contribution is 2.10. The van der Waals surface area contributed by atoms with Crippen LogP contribution in [0.15, 0.2) is 0 Å². The van der Waals surface area contributed by atoms with Gasteiger partial charge in [-0.15, -0.1) is 0 Å². The van der Waals surface area contributed by atoms with Crippen LogP contribution in [0.1, 0.15) is 46.0 Å². The summed E-state index contributed by atoms with van der Waals surface area (Å²) in [5.74, 6) is 0.272. The summed E-state index contributed by atoms with van der Waals surface area (Å²) in [4.78, 5) is 13.5. The highest BCUT2D eigenvalue weighted by atomic mass is 16.2. The lowest BCUT2D eigenvalue weighted by Gasteiger charge is -2.22. The largest absolute Gasteiger partial charge is 0.326 e. The van der Waals surface area contributed by atoms with Crippen molar-refractivity contribution < 1.29 is 4.79 Å². The highest BCUT2D eigenvalue weighted by Gasteiger charge is 2.27. The molecule has 0 bridgehead atoms. The minimum Gasteiger partial charge on any atom is -0.326 e. The molecule has 1 heterocycles. The zero-order chi connectivity index (χ0) is 10.4. The van der Waals surface area contributed by atoms with Crippen LogP contribution in [0.2, 0.25) is 0 Å². The number of nitrogens with one attached hydrogen (secondary N) is 1. The Morgan fingerprint density at radius 3 is 2.79 bits per heavy atom. The standard InChI is InChI=1S/C11H22N2O/c1-3-5-6-7-8-13-10(4-2)12-9-11(13)14/h10,12H,3-9H2,1-2H3. The lowest BCUT2D eigenvalue weighted by atomic mass is 10.2. The molecule has 0 radical (unpaired) electrons. The lowest BCUT2D eigenvalue weighted by Crippen LogP contribution is -2.37. The zero-order valence-electron chi connectivity index (χ0n) is 9.38. The number of carbonyl (C=O) groups is 1. The van der Waals surface area contributed by atoms with Crippen LogP contribution < -0.4 is 5.32 Å². The van der Waals surface area contributed by atoms with Crippen molar-refractivity contribution in [3.63, 3.8) is 0 Å². The van der Waals surface area contributed by atoms with Crippen LogP contribution in [0.3, 0.4) is 0 Å². The molecule has 0 saturated carbocycles. The maximum Gasteiger partial charge on any atom is 0.237 e. The summed E-state index contributed by atoms with van der Waals surface area (Å²) in [5.41, 5.74) is 0. The first kappa shape index (κ1) is 11.5. The zero-order valence-corrected chi connectivity index (χ0v) is 9.38. The summed E-state index contributed by atoms with van der Waals surface area (Å²) in [6.45, 7) is 5.79. The molecule has 1 atom stereocenters. The van der Waals surface area contributed by atoms with E-state index in [0.29, 0.717) is 12.7 Å². The van der Waals surface area contributed by atoms with Gasteiger partial charge < -0.3 is 4.90 Å². The molecule has 14 heavy (non-hydrogen) atoms. The van der Waals surface area contributed by atoms with Crippen LogP contribution in [0, 0.1) is 0 Å². The highest BCUT2D eigenvalue weighted by molar-refractivity contribution is 5.80. The van der Waals surface area contributed by atoms with Crippen LogP contribution in [0.4, 0.5) is 0 Å². The SMILES string of the molecule is CCCCCCN1C(=O)CNC1CC. The Bertz CT molecular complexity index is 182. The van der Waals surface area contributed by atoms with Crippen molar-refractivity contribution >= 4 is 5.91 Å². The number of carbonyl (C=O) groups excluding carboxylic acids is 1. The van der Waals surface area contributed by atoms with E-state index in [4.69, 9.17) is 0 Å². The van der Waals surface area contributed by atoms with Crippen LogP contribution in [0.5, 0.6) is 0 Å². The fraction of sp³-hybridized carbons (Fsp3) is 0.909. The van der Waals surface area contributed by atoms with E-state index in [0.717, 1.165) is 19.4 Å². The summed E-state index contributed by atoms with van der Waals surface area (Å²) in [5, 5.41) is 3.22. The Balaban J connectivity index is 2.23. The third kappa shape index (κ3) is 2.98. The molecular formula is C11H22N2O. The van der Waals surface area contributed by atoms with E-state index in [9.17, 15) is 4.79 Å². The number of hydrogen-bond donors (Lipinski definition) is 1.